The molecule has 0 aromatic heterocycles. The number of hydrogen-bond donors (Lipinski definition) is 1. The zero-order valence-electron chi connectivity index (χ0n) is 14.2. The summed E-state index contributed by atoms with van der Waals surface area (Å²) in [6, 6.07) is 4.83. The Morgan fingerprint density at radius 2 is 2.04 bits per heavy atom. The molecule has 1 aliphatic rings. The van der Waals surface area contributed by atoms with Crippen molar-refractivity contribution in [3.63, 3.8) is 0 Å². The van der Waals surface area contributed by atoms with Gasteiger partial charge in [0.05, 0.1) is 25.3 Å². The van der Waals surface area contributed by atoms with Crippen LogP contribution in [-0.2, 0) is 19.1 Å². The Bertz CT molecular complexity index is 660. The van der Waals surface area contributed by atoms with Gasteiger partial charge in [0.2, 0.25) is 5.91 Å². The molecule has 136 valence electrons. The Kier molecular flexibility index (Phi) is 6.64. The summed E-state index contributed by atoms with van der Waals surface area (Å²) < 4.78 is 10.1. The van der Waals surface area contributed by atoms with Crippen molar-refractivity contribution in [2.24, 2.45) is 5.92 Å². The molecule has 1 aromatic carbocycles. The second-order valence-corrected chi connectivity index (χ2v) is 6.31. The molecule has 1 fully saturated rings. The number of anilines is 1. The van der Waals surface area contributed by atoms with E-state index in [0.717, 1.165) is 19.3 Å². The van der Waals surface area contributed by atoms with Crippen molar-refractivity contribution in [2.75, 3.05) is 32.6 Å². The number of nitrogens with one attached hydrogen (secondary N) is 1. The van der Waals surface area contributed by atoms with Crippen molar-refractivity contribution in [2.45, 2.75) is 19.3 Å². The minimum Gasteiger partial charge on any atom is -0.495 e. The first-order valence-corrected chi connectivity index (χ1v) is 8.32. The first kappa shape index (κ1) is 19.1. The Balaban J connectivity index is 1.81. The maximum absolute atomic E-state index is 12.1. The Morgan fingerprint density at radius 3 is 2.64 bits per heavy atom. The van der Waals surface area contributed by atoms with Crippen LogP contribution in [-0.4, -0.2) is 50.0 Å². The third-order valence-electron chi connectivity index (χ3n) is 4.02. The molecule has 1 aromatic rings. The van der Waals surface area contributed by atoms with Crippen LogP contribution in [0.1, 0.15) is 19.3 Å². The number of ether oxygens (including phenoxy) is 2. The van der Waals surface area contributed by atoms with Gasteiger partial charge in [-0.15, -0.1) is 0 Å². The van der Waals surface area contributed by atoms with Gasteiger partial charge in [-0.3, -0.25) is 14.4 Å². The number of methoxy groups -OCH3 is 1. The number of amides is 2. The molecule has 1 saturated carbocycles. The van der Waals surface area contributed by atoms with E-state index < -0.39 is 11.8 Å². The average molecular weight is 369 g/mol. The van der Waals surface area contributed by atoms with Gasteiger partial charge in [0.15, 0.2) is 6.61 Å². The highest BCUT2D eigenvalue weighted by Gasteiger charge is 2.27. The van der Waals surface area contributed by atoms with E-state index in [1.165, 1.54) is 19.1 Å². The minimum atomic E-state index is -0.444. The molecule has 1 N–H and O–H groups in total. The normalized spacial score (nSPS) is 13.6. The zero-order chi connectivity index (χ0) is 18.4. The first-order valence-electron chi connectivity index (χ1n) is 7.94. The van der Waals surface area contributed by atoms with E-state index in [1.807, 2.05) is 0 Å². The van der Waals surface area contributed by atoms with Gasteiger partial charge in [0.25, 0.3) is 5.91 Å². The van der Waals surface area contributed by atoms with Gasteiger partial charge >= 0.3 is 5.97 Å². The largest absolute Gasteiger partial charge is 0.495 e. The molecular weight excluding hydrogens is 348 g/mol. The van der Waals surface area contributed by atoms with Crippen molar-refractivity contribution in [3.05, 3.63) is 23.2 Å². The minimum absolute atomic E-state index is 0.0864. The lowest BCUT2D eigenvalue weighted by Gasteiger charge is -2.23. The van der Waals surface area contributed by atoms with Crippen LogP contribution in [0.2, 0.25) is 5.02 Å². The highest BCUT2D eigenvalue weighted by Crippen LogP contribution is 2.28. The summed E-state index contributed by atoms with van der Waals surface area (Å²) >= 11 is 5.91. The number of halogens is 1. The molecule has 0 atom stereocenters. The van der Waals surface area contributed by atoms with Crippen molar-refractivity contribution in [1.82, 2.24) is 4.90 Å². The fourth-order valence-corrected chi connectivity index (χ4v) is 2.45. The van der Waals surface area contributed by atoms with E-state index in [0.29, 0.717) is 16.5 Å². The maximum atomic E-state index is 12.1. The van der Waals surface area contributed by atoms with Crippen LogP contribution in [0.15, 0.2) is 18.2 Å². The van der Waals surface area contributed by atoms with Gasteiger partial charge in [-0.25, -0.2) is 0 Å². The molecular formula is C17H21ClN2O5. The number of esters is 1. The number of hydrogen-bond acceptors (Lipinski definition) is 5. The topological polar surface area (TPSA) is 84.9 Å². The molecule has 0 heterocycles. The summed E-state index contributed by atoms with van der Waals surface area (Å²) in [6.45, 7) is -0.547. The number of rotatable bonds is 7. The monoisotopic (exact) mass is 368 g/mol. The Labute approximate surface area is 151 Å². The Morgan fingerprint density at radius 1 is 1.32 bits per heavy atom. The molecule has 0 aliphatic heterocycles. The molecule has 25 heavy (non-hydrogen) atoms. The standard InChI is InChI=1S/C17H21ClN2O5/c1-20(16(22)10-25-17(23)11-4-3-5-11)9-15(21)19-13-8-12(18)6-7-14(13)24-2/h6-8,11H,3-5,9-10H2,1-2H3,(H,19,21). The second-order valence-electron chi connectivity index (χ2n) is 5.88. The molecule has 0 bridgehead atoms. The quantitative estimate of drug-likeness (QED) is 0.745. The van der Waals surface area contributed by atoms with Gasteiger partial charge in [0.1, 0.15) is 5.75 Å². The Hall–Kier alpha value is -2.28. The third kappa shape index (κ3) is 5.35. The van der Waals surface area contributed by atoms with Crippen LogP contribution in [0, 0.1) is 5.92 Å². The SMILES string of the molecule is COc1ccc(Cl)cc1NC(=O)CN(C)C(=O)COC(=O)C1CCC1. The van der Waals surface area contributed by atoms with Gasteiger partial charge in [-0.05, 0) is 31.0 Å². The van der Waals surface area contributed by atoms with Gasteiger partial charge in [0, 0.05) is 12.1 Å². The lowest BCUT2D eigenvalue weighted by Crippen LogP contribution is -2.38. The van der Waals surface area contributed by atoms with Crippen LogP contribution >= 0.6 is 11.6 Å². The molecule has 0 spiro atoms. The number of nitrogens with zero attached hydrogens (tertiary/aromatic N) is 1. The molecule has 8 heteroatoms. The maximum Gasteiger partial charge on any atom is 0.309 e. The fraction of sp³-hybridized carbons (Fsp3) is 0.471. The number of carbonyl (C=O) groups excluding carboxylic acids is 3. The summed E-state index contributed by atoms with van der Waals surface area (Å²) in [4.78, 5) is 36.9. The molecule has 0 saturated heterocycles. The molecule has 7 nitrogen and oxygen atoms in total. The van der Waals surface area contributed by atoms with E-state index in [4.69, 9.17) is 21.1 Å². The van der Waals surface area contributed by atoms with E-state index >= 15 is 0 Å². The molecule has 1 aliphatic carbocycles. The van der Waals surface area contributed by atoms with Gasteiger partial charge in [-0.1, -0.05) is 18.0 Å². The zero-order valence-corrected chi connectivity index (χ0v) is 15.0. The molecule has 0 radical (unpaired) electrons. The van der Waals surface area contributed by atoms with E-state index in [1.54, 1.807) is 18.2 Å². The van der Waals surface area contributed by atoms with Crippen LogP contribution < -0.4 is 10.1 Å². The van der Waals surface area contributed by atoms with E-state index in [-0.39, 0.29) is 25.0 Å². The van der Waals surface area contributed by atoms with Crippen molar-refractivity contribution < 1.29 is 23.9 Å². The van der Waals surface area contributed by atoms with Crippen LogP contribution in [0.25, 0.3) is 0 Å². The lowest BCUT2D eigenvalue weighted by molar-refractivity contribution is -0.157. The van der Waals surface area contributed by atoms with Crippen molar-refractivity contribution in [3.8, 4) is 5.75 Å². The van der Waals surface area contributed by atoms with Crippen LogP contribution in [0.4, 0.5) is 5.69 Å². The number of likely N-dealkylation sites (N-methyl/N-ethyl adjacent to an activating group) is 1. The third-order valence-corrected chi connectivity index (χ3v) is 4.25. The van der Waals surface area contributed by atoms with Gasteiger partial charge in [-0.2, -0.15) is 0 Å². The second kappa shape index (κ2) is 8.71. The molecule has 2 amide bonds. The van der Waals surface area contributed by atoms with Crippen LogP contribution in [0.5, 0.6) is 5.75 Å². The van der Waals surface area contributed by atoms with Gasteiger partial charge < -0.3 is 19.7 Å². The predicted molar refractivity (Wildman–Crippen MR) is 92.6 cm³/mol. The number of carbonyl (C=O) groups is 3. The highest BCUT2D eigenvalue weighted by atomic mass is 35.5. The predicted octanol–water partition coefficient (Wildman–Crippen LogP) is 2.09. The number of benzene rings is 1. The van der Waals surface area contributed by atoms with Crippen LogP contribution in [0.3, 0.4) is 0 Å². The summed E-state index contributed by atoms with van der Waals surface area (Å²) in [5.41, 5.74) is 0.414. The lowest BCUT2D eigenvalue weighted by atomic mass is 9.86. The summed E-state index contributed by atoms with van der Waals surface area (Å²) in [5, 5.41) is 3.09. The fourth-order valence-electron chi connectivity index (χ4n) is 2.28. The molecule has 2 rings (SSSR count). The summed E-state index contributed by atoms with van der Waals surface area (Å²) in [5.74, 6) is -0.832. The smallest absolute Gasteiger partial charge is 0.309 e. The van der Waals surface area contributed by atoms with E-state index in [9.17, 15) is 14.4 Å². The van der Waals surface area contributed by atoms with Crippen molar-refractivity contribution >= 4 is 35.1 Å². The summed E-state index contributed by atoms with van der Waals surface area (Å²) in [7, 11) is 2.94. The highest BCUT2D eigenvalue weighted by molar-refractivity contribution is 6.31. The molecule has 0 unspecified atom stereocenters. The van der Waals surface area contributed by atoms with E-state index in [2.05, 4.69) is 5.32 Å². The summed E-state index contributed by atoms with van der Waals surface area (Å²) in [6.07, 6.45) is 2.64. The average Bonchev–Trinajstić information content (AvgIpc) is 2.51. The first-order chi connectivity index (χ1) is 11.9. The van der Waals surface area contributed by atoms with Crippen molar-refractivity contribution in [1.29, 1.82) is 0 Å².